The highest BCUT2D eigenvalue weighted by Gasteiger charge is 2.10. The average molecular weight is 145 g/mol. The first-order valence-electron chi connectivity index (χ1n) is 3.12. The van der Waals surface area contributed by atoms with Gasteiger partial charge in [0.15, 0.2) is 0 Å². The molecular formula is C7H9ClO. The number of hydrogen-bond donors (Lipinski definition) is 0. The van der Waals surface area contributed by atoms with Crippen molar-refractivity contribution in [2.45, 2.75) is 19.3 Å². The summed E-state index contributed by atoms with van der Waals surface area (Å²) in [6.07, 6.45) is 5.59. The Morgan fingerprint density at radius 2 is 2.56 bits per heavy atom. The van der Waals surface area contributed by atoms with Gasteiger partial charge in [-0.2, -0.15) is 0 Å². The van der Waals surface area contributed by atoms with Crippen LogP contribution in [0.1, 0.15) is 19.3 Å². The summed E-state index contributed by atoms with van der Waals surface area (Å²) in [5.74, 6) is 0.229. The van der Waals surface area contributed by atoms with Crippen LogP contribution in [-0.4, -0.2) is 6.29 Å². The normalized spacial score (nSPS) is 27.2. The van der Waals surface area contributed by atoms with Crippen LogP contribution in [0.5, 0.6) is 0 Å². The summed E-state index contributed by atoms with van der Waals surface area (Å²) in [7, 11) is 0. The van der Waals surface area contributed by atoms with Crippen molar-refractivity contribution >= 4 is 17.9 Å². The molecule has 50 valence electrons. The Hall–Kier alpha value is -0.300. The molecule has 2 heteroatoms. The summed E-state index contributed by atoms with van der Waals surface area (Å²) in [5, 5.41) is 0.910. The van der Waals surface area contributed by atoms with Crippen LogP contribution in [0, 0.1) is 5.92 Å². The van der Waals surface area contributed by atoms with E-state index in [1.54, 1.807) is 0 Å². The molecule has 9 heavy (non-hydrogen) atoms. The van der Waals surface area contributed by atoms with Crippen LogP contribution in [0.15, 0.2) is 11.1 Å². The number of rotatable bonds is 1. The molecule has 0 aromatic heterocycles. The summed E-state index contributed by atoms with van der Waals surface area (Å²) < 4.78 is 0. The fourth-order valence-electron chi connectivity index (χ4n) is 0.946. The average Bonchev–Trinajstić information content (AvgIpc) is 1.90. The van der Waals surface area contributed by atoms with Crippen molar-refractivity contribution in [2.24, 2.45) is 5.92 Å². The van der Waals surface area contributed by atoms with E-state index >= 15 is 0 Å². The molecule has 0 aliphatic heterocycles. The van der Waals surface area contributed by atoms with Crippen LogP contribution < -0.4 is 0 Å². The molecule has 0 spiro atoms. The maximum absolute atomic E-state index is 10.2. The summed E-state index contributed by atoms with van der Waals surface area (Å²) in [5.41, 5.74) is 0. The maximum Gasteiger partial charge on any atom is 0.123 e. The van der Waals surface area contributed by atoms with E-state index in [-0.39, 0.29) is 5.92 Å². The second-order valence-corrected chi connectivity index (χ2v) is 2.81. The predicted octanol–water partition coefficient (Wildman–Crippen LogP) is 2.11. The van der Waals surface area contributed by atoms with E-state index in [1.807, 2.05) is 6.08 Å². The number of allylic oxidation sites excluding steroid dienone is 2. The molecule has 0 amide bonds. The minimum absolute atomic E-state index is 0.229. The van der Waals surface area contributed by atoms with Gasteiger partial charge in [0.05, 0.1) is 0 Å². The topological polar surface area (TPSA) is 17.1 Å². The molecule has 0 saturated carbocycles. The maximum atomic E-state index is 10.2. The molecule has 0 fully saturated rings. The molecule has 1 atom stereocenters. The molecule has 1 nitrogen and oxygen atoms in total. The molecule has 0 aromatic rings. The van der Waals surface area contributed by atoms with Gasteiger partial charge in [-0.1, -0.05) is 17.7 Å². The van der Waals surface area contributed by atoms with Gasteiger partial charge in [-0.25, -0.2) is 0 Å². The Morgan fingerprint density at radius 3 is 3.00 bits per heavy atom. The largest absolute Gasteiger partial charge is 0.303 e. The van der Waals surface area contributed by atoms with Crippen LogP contribution in [0.2, 0.25) is 0 Å². The van der Waals surface area contributed by atoms with Crippen molar-refractivity contribution in [3.63, 3.8) is 0 Å². The molecule has 0 N–H and O–H groups in total. The lowest BCUT2D eigenvalue weighted by atomic mass is 9.96. The molecule has 1 aliphatic carbocycles. The Labute approximate surface area is 59.7 Å². The first-order chi connectivity index (χ1) is 4.33. The third-order valence-electron chi connectivity index (χ3n) is 1.59. The van der Waals surface area contributed by atoms with Gasteiger partial charge in [-0.3, -0.25) is 0 Å². The highest BCUT2D eigenvalue weighted by molar-refractivity contribution is 6.29. The lowest BCUT2D eigenvalue weighted by Gasteiger charge is -2.11. The Bertz CT molecular complexity index is 140. The van der Waals surface area contributed by atoms with Crippen molar-refractivity contribution in [3.05, 3.63) is 11.1 Å². The van der Waals surface area contributed by atoms with Crippen LogP contribution in [0.3, 0.4) is 0 Å². The van der Waals surface area contributed by atoms with Crippen molar-refractivity contribution in [2.75, 3.05) is 0 Å². The standard InChI is InChI=1S/C7H9ClO/c8-7-3-1-6(5-9)2-4-7/h3,5-6H,1-2,4H2/t6-/m0/s1. The fraction of sp³-hybridized carbons (Fsp3) is 0.571. The third kappa shape index (κ3) is 1.83. The molecule has 0 aromatic carbocycles. The fourth-order valence-corrected chi connectivity index (χ4v) is 1.14. The molecule has 0 bridgehead atoms. The van der Waals surface area contributed by atoms with Crippen molar-refractivity contribution in [3.8, 4) is 0 Å². The highest BCUT2D eigenvalue weighted by atomic mass is 35.5. The number of halogens is 1. The van der Waals surface area contributed by atoms with Gasteiger partial charge in [0.1, 0.15) is 6.29 Å². The molecule has 0 unspecified atom stereocenters. The van der Waals surface area contributed by atoms with Crippen LogP contribution >= 0.6 is 11.6 Å². The number of hydrogen-bond acceptors (Lipinski definition) is 1. The first kappa shape index (κ1) is 6.81. The minimum Gasteiger partial charge on any atom is -0.303 e. The van der Waals surface area contributed by atoms with Gasteiger partial charge >= 0.3 is 0 Å². The highest BCUT2D eigenvalue weighted by Crippen LogP contribution is 2.23. The van der Waals surface area contributed by atoms with E-state index < -0.39 is 0 Å². The quantitative estimate of drug-likeness (QED) is 0.516. The van der Waals surface area contributed by atoms with Crippen LogP contribution in [0.25, 0.3) is 0 Å². The molecular weight excluding hydrogens is 136 g/mol. The van der Waals surface area contributed by atoms with Gasteiger partial charge in [0.2, 0.25) is 0 Å². The minimum atomic E-state index is 0.229. The molecule has 0 radical (unpaired) electrons. The van der Waals surface area contributed by atoms with Gasteiger partial charge in [0.25, 0.3) is 0 Å². The van der Waals surface area contributed by atoms with Crippen molar-refractivity contribution in [1.29, 1.82) is 0 Å². The van der Waals surface area contributed by atoms with E-state index in [0.717, 1.165) is 30.6 Å². The number of carbonyl (C=O) groups excluding carboxylic acids is 1. The Kier molecular flexibility index (Phi) is 2.29. The Balaban J connectivity index is 2.45. The first-order valence-corrected chi connectivity index (χ1v) is 3.50. The van der Waals surface area contributed by atoms with E-state index in [1.165, 1.54) is 0 Å². The van der Waals surface area contributed by atoms with Crippen LogP contribution in [-0.2, 0) is 4.79 Å². The number of aldehydes is 1. The smallest absolute Gasteiger partial charge is 0.123 e. The molecule has 1 aliphatic rings. The van der Waals surface area contributed by atoms with Gasteiger partial charge < -0.3 is 4.79 Å². The third-order valence-corrected chi connectivity index (χ3v) is 1.93. The SMILES string of the molecule is O=C[C@H]1CC=C(Cl)CC1. The van der Waals surface area contributed by atoms with Gasteiger partial charge in [0, 0.05) is 11.0 Å². The predicted molar refractivity (Wildman–Crippen MR) is 37.3 cm³/mol. The second-order valence-electron chi connectivity index (χ2n) is 2.32. The van der Waals surface area contributed by atoms with Crippen molar-refractivity contribution in [1.82, 2.24) is 0 Å². The zero-order valence-corrected chi connectivity index (χ0v) is 5.90. The summed E-state index contributed by atoms with van der Waals surface area (Å²) in [6.45, 7) is 0. The summed E-state index contributed by atoms with van der Waals surface area (Å²) >= 11 is 5.68. The molecule has 0 heterocycles. The van der Waals surface area contributed by atoms with E-state index in [0.29, 0.717) is 0 Å². The monoisotopic (exact) mass is 144 g/mol. The molecule has 1 rings (SSSR count). The zero-order valence-electron chi connectivity index (χ0n) is 5.14. The van der Waals surface area contributed by atoms with E-state index in [9.17, 15) is 4.79 Å². The summed E-state index contributed by atoms with van der Waals surface area (Å²) in [6, 6.07) is 0. The lowest BCUT2D eigenvalue weighted by Crippen LogP contribution is -2.04. The second kappa shape index (κ2) is 3.02. The molecule has 0 saturated heterocycles. The van der Waals surface area contributed by atoms with Gasteiger partial charge in [-0.15, -0.1) is 0 Å². The van der Waals surface area contributed by atoms with Crippen molar-refractivity contribution < 1.29 is 4.79 Å². The lowest BCUT2D eigenvalue weighted by molar-refractivity contribution is -0.111. The van der Waals surface area contributed by atoms with Gasteiger partial charge in [-0.05, 0) is 19.3 Å². The van der Waals surface area contributed by atoms with Crippen LogP contribution in [0.4, 0.5) is 0 Å². The Morgan fingerprint density at radius 1 is 1.78 bits per heavy atom. The van der Waals surface area contributed by atoms with E-state index in [2.05, 4.69) is 0 Å². The number of carbonyl (C=O) groups is 1. The summed E-state index contributed by atoms with van der Waals surface area (Å²) in [4.78, 5) is 10.2. The zero-order chi connectivity index (χ0) is 6.69. The van der Waals surface area contributed by atoms with E-state index in [4.69, 9.17) is 11.6 Å².